The quantitative estimate of drug-likeness (QED) is 0.216. The second-order valence-electron chi connectivity index (χ2n) is 8.14. The van der Waals surface area contributed by atoms with Crippen LogP contribution in [0.2, 0.25) is 0 Å². The molecule has 1 aliphatic heterocycles. The van der Waals surface area contributed by atoms with Gasteiger partial charge < -0.3 is 15.1 Å². The Balaban J connectivity index is 1.41. The number of rotatable bonds is 5. The third-order valence-corrected chi connectivity index (χ3v) is 6.09. The first kappa shape index (κ1) is 20.8. The largest absolute Gasteiger partial charge is 0.471 e. The molecular weight excluding hydrogens is 406 g/mol. The number of anilines is 3. The zero-order chi connectivity index (χ0) is 22.6. The van der Waals surface area contributed by atoms with Crippen LogP contribution in [0.15, 0.2) is 108 Å². The molecular formula is C29H27N3O. The van der Waals surface area contributed by atoms with Crippen molar-refractivity contribution in [2.75, 3.05) is 11.9 Å². The Morgan fingerprint density at radius 1 is 0.788 bits per heavy atom. The fraction of sp³-hybridized carbons (Fsp3) is 0.138. The summed E-state index contributed by atoms with van der Waals surface area (Å²) in [6.07, 6.45) is 0. The van der Waals surface area contributed by atoms with Crippen LogP contribution in [-0.4, -0.2) is 12.9 Å². The third-order valence-electron chi connectivity index (χ3n) is 6.09. The van der Waals surface area contributed by atoms with Crippen LogP contribution in [0.25, 0.3) is 0 Å². The number of hydrogen-bond acceptors (Lipinski definition) is 4. The van der Waals surface area contributed by atoms with Gasteiger partial charge in [-0.3, -0.25) is 0 Å². The molecule has 0 saturated heterocycles. The van der Waals surface area contributed by atoms with Gasteiger partial charge in [0.1, 0.15) is 6.61 Å². The first-order chi connectivity index (χ1) is 16.3. The number of hydrazone groups is 1. The van der Waals surface area contributed by atoms with Crippen molar-refractivity contribution < 1.29 is 4.74 Å². The Labute approximate surface area is 195 Å². The molecule has 0 bridgehead atoms. The second-order valence-corrected chi connectivity index (χ2v) is 8.14. The smallest absolute Gasteiger partial charge is 0.238 e. The van der Waals surface area contributed by atoms with Gasteiger partial charge in [-0.1, -0.05) is 73.7 Å². The van der Waals surface area contributed by atoms with E-state index in [1.807, 2.05) is 30.3 Å². The maximum absolute atomic E-state index is 6.04. The molecule has 4 aromatic carbocycles. The van der Waals surface area contributed by atoms with Crippen molar-refractivity contribution in [2.45, 2.75) is 19.4 Å². The minimum Gasteiger partial charge on any atom is -0.471 e. The van der Waals surface area contributed by atoms with Gasteiger partial charge >= 0.3 is 0 Å². The molecule has 0 amide bonds. The van der Waals surface area contributed by atoms with Crippen molar-refractivity contribution >= 4 is 23.0 Å². The maximum atomic E-state index is 6.04. The molecule has 0 unspecified atom stereocenters. The summed E-state index contributed by atoms with van der Waals surface area (Å²) in [6.45, 7) is 2.73. The van der Waals surface area contributed by atoms with Crippen LogP contribution in [0.3, 0.4) is 0 Å². The molecule has 0 saturated carbocycles. The summed E-state index contributed by atoms with van der Waals surface area (Å²) in [7, 11) is 1.77. The van der Waals surface area contributed by atoms with E-state index in [1.165, 1.54) is 22.5 Å². The number of para-hydroxylation sites is 2. The molecule has 0 atom stereocenters. The summed E-state index contributed by atoms with van der Waals surface area (Å²) in [5.74, 6) is 0.944. The predicted octanol–water partition coefficient (Wildman–Crippen LogP) is 6.72. The van der Waals surface area contributed by atoms with Gasteiger partial charge in [0.2, 0.25) is 5.90 Å². The highest BCUT2D eigenvalue weighted by molar-refractivity contribution is 5.93. The van der Waals surface area contributed by atoms with Crippen LogP contribution in [0.4, 0.5) is 17.1 Å². The van der Waals surface area contributed by atoms with E-state index in [9.17, 15) is 0 Å². The highest BCUT2D eigenvalue weighted by atomic mass is 16.5. The Hall–Kier alpha value is -4.05. The lowest BCUT2D eigenvalue weighted by Crippen LogP contribution is -2.20. The fourth-order valence-electron chi connectivity index (χ4n) is 4.45. The monoisotopic (exact) mass is 433 g/mol. The second kappa shape index (κ2) is 9.21. The maximum Gasteiger partial charge on any atom is 0.238 e. The van der Waals surface area contributed by atoms with Gasteiger partial charge in [-0.05, 0) is 53.1 Å². The van der Waals surface area contributed by atoms with Gasteiger partial charge in [-0.2, -0.15) is 0 Å². The molecule has 33 heavy (non-hydrogen) atoms. The fourth-order valence-corrected chi connectivity index (χ4v) is 4.45. The van der Waals surface area contributed by atoms with Crippen molar-refractivity contribution in [3.8, 4) is 0 Å². The zero-order valence-corrected chi connectivity index (χ0v) is 18.9. The number of hydrogen-bond donors (Lipinski definition) is 1. The molecule has 0 aliphatic carbocycles. The first-order valence-electron chi connectivity index (χ1n) is 11.3. The number of benzene rings is 4. The summed E-state index contributed by atoms with van der Waals surface area (Å²) in [5.41, 5.74) is 11.2. The van der Waals surface area contributed by atoms with Gasteiger partial charge in [0.15, 0.2) is 0 Å². The molecule has 1 aliphatic rings. The molecule has 5 rings (SSSR count). The van der Waals surface area contributed by atoms with Crippen molar-refractivity contribution in [1.29, 1.82) is 0 Å². The van der Waals surface area contributed by atoms with Gasteiger partial charge in [-0.15, -0.1) is 5.10 Å². The highest BCUT2D eigenvalue weighted by Crippen LogP contribution is 2.48. The summed E-state index contributed by atoms with van der Waals surface area (Å²) < 4.78 is 6.04. The van der Waals surface area contributed by atoms with E-state index >= 15 is 0 Å². The van der Waals surface area contributed by atoms with Gasteiger partial charge in [0, 0.05) is 35.6 Å². The number of fused-ring (bicyclic) bond motifs is 2. The summed E-state index contributed by atoms with van der Waals surface area (Å²) in [6, 6.07) is 35.9. The lowest BCUT2D eigenvalue weighted by Gasteiger charge is -2.36. The predicted molar refractivity (Wildman–Crippen MR) is 135 cm³/mol. The van der Waals surface area contributed by atoms with E-state index in [4.69, 9.17) is 4.74 Å². The Bertz CT molecular complexity index is 1220. The minimum absolute atomic E-state index is 0.365. The lowest BCUT2D eigenvalue weighted by molar-refractivity contribution is 0.291. The van der Waals surface area contributed by atoms with Crippen LogP contribution < -0.4 is 10.3 Å². The summed E-state index contributed by atoms with van der Waals surface area (Å²) in [4.78, 5) is 2.35. The van der Waals surface area contributed by atoms with Crippen molar-refractivity contribution in [1.82, 2.24) is 5.43 Å². The number of nitrogens with one attached hydrogen (secondary N) is 1. The summed E-state index contributed by atoms with van der Waals surface area (Å²) in [5, 5.41) is 4.29. The lowest BCUT2D eigenvalue weighted by atomic mass is 9.86. The zero-order valence-electron chi connectivity index (χ0n) is 18.9. The number of nitrogens with zero attached hydrogens (tertiary/aromatic N) is 2. The van der Waals surface area contributed by atoms with Gasteiger partial charge in [-0.25, -0.2) is 0 Å². The van der Waals surface area contributed by atoms with Crippen LogP contribution >= 0.6 is 0 Å². The van der Waals surface area contributed by atoms with Gasteiger partial charge in [0.05, 0.1) is 0 Å². The molecule has 1 N–H and O–H groups in total. The van der Waals surface area contributed by atoms with Crippen molar-refractivity contribution in [2.24, 2.45) is 5.10 Å². The van der Waals surface area contributed by atoms with Gasteiger partial charge in [0.25, 0.3) is 0 Å². The Morgan fingerprint density at radius 3 is 1.97 bits per heavy atom. The first-order valence-corrected chi connectivity index (χ1v) is 11.3. The van der Waals surface area contributed by atoms with Crippen molar-refractivity contribution in [3.05, 3.63) is 125 Å². The molecule has 0 aromatic heterocycles. The molecule has 164 valence electrons. The molecule has 1 heterocycles. The minimum atomic E-state index is 0.365. The van der Waals surface area contributed by atoms with E-state index in [2.05, 4.69) is 95.1 Å². The summed E-state index contributed by atoms with van der Waals surface area (Å²) >= 11 is 0. The third kappa shape index (κ3) is 4.08. The standard InChI is InChI=1S/C29H27N3O/c1-21-25-12-6-8-14-27(25)32(28-15-9-7-13-26(21)28)24-18-16-22(17-19-24)20-33-29(31-30-2)23-10-4-3-5-11-23/h3-19,21,30H,20H2,1-2H3/b31-29-. The molecule has 4 nitrogen and oxygen atoms in total. The van der Waals surface area contributed by atoms with E-state index in [-0.39, 0.29) is 0 Å². The molecule has 4 aromatic rings. The van der Waals surface area contributed by atoms with Crippen LogP contribution in [0.5, 0.6) is 0 Å². The average molecular weight is 434 g/mol. The Kier molecular flexibility index (Phi) is 5.81. The molecule has 4 heteroatoms. The number of ether oxygens (including phenoxy) is 1. The average Bonchev–Trinajstić information content (AvgIpc) is 2.88. The highest BCUT2D eigenvalue weighted by Gasteiger charge is 2.28. The molecule has 0 spiro atoms. The van der Waals surface area contributed by atoms with E-state index in [1.54, 1.807) is 7.05 Å². The molecule has 0 radical (unpaired) electrons. The Morgan fingerprint density at radius 2 is 1.36 bits per heavy atom. The normalized spacial score (nSPS) is 13.3. The topological polar surface area (TPSA) is 36.9 Å². The molecule has 0 fully saturated rings. The van der Waals surface area contributed by atoms with Crippen LogP contribution in [-0.2, 0) is 11.3 Å². The van der Waals surface area contributed by atoms with E-state index in [0.29, 0.717) is 18.4 Å². The van der Waals surface area contributed by atoms with Crippen LogP contribution in [0.1, 0.15) is 35.1 Å². The van der Waals surface area contributed by atoms with E-state index < -0.39 is 0 Å². The van der Waals surface area contributed by atoms with Crippen molar-refractivity contribution in [3.63, 3.8) is 0 Å². The SMILES string of the molecule is CN/N=C(\OCc1ccc(N2c3ccccc3C(C)c3ccccc32)cc1)c1ccccc1. The van der Waals surface area contributed by atoms with E-state index in [0.717, 1.165) is 16.8 Å². The van der Waals surface area contributed by atoms with Crippen LogP contribution in [0, 0.1) is 0 Å².